The van der Waals surface area contributed by atoms with Gasteiger partial charge in [0.25, 0.3) is 0 Å². The molecular weight excluding hydrogens is 254 g/mol. The number of nitrogens with one attached hydrogen (secondary N) is 1. The van der Waals surface area contributed by atoms with E-state index >= 15 is 0 Å². The summed E-state index contributed by atoms with van der Waals surface area (Å²) in [4.78, 5) is 13.3. The molecule has 2 nitrogen and oxygen atoms in total. The number of fused-ring (bicyclic) bond motifs is 1. The fourth-order valence-corrected chi connectivity index (χ4v) is 3.73. The summed E-state index contributed by atoms with van der Waals surface area (Å²) < 4.78 is 1.21. The first-order valence-corrected chi connectivity index (χ1v) is 7.90. The van der Waals surface area contributed by atoms with Crippen LogP contribution in [-0.2, 0) is 0 Å². The van der Waals surface area contributed by atoms with Crippen molar-refractivity contribution in [3.05, 3.63) is 35.2 Å². The zero-order valence-electron chi connectivity index (χ0n) is 11.0. The number of carbonyl (C=O) groups excluding carboxylic acids is 1. The van der Waals surface area contributed by atoms with E-state index in [0.717, 1.165) is 17.8 Å². The first-order chi connectivity index (χ1) is 9.33. The van der Waals surface area contributed by atoms with Gasteiger partial charge in [0.1, 0.15) is 0 Å². The van der Waals surface area contributed by atoms with Crippen LogP contribution in [0.25, 0.3) is 10.1 Å². The van der Waals surface area contributed by atoms with Crippen LogP contribution in [0.3, 0.4) is 0 Å². The molecule has 0 spiro atoms. The van der Waals surface area contributed by atoms with Gasteiger partial charge in [0.2, 0.25) is 0 Å². The highest BCUT2D eigenvalue weighted by Crippen LogP contribution is 2.27. The van der Waals surface area contributed by atoms with Crippen molar-refractivity contribution in [2.45, 2.75) is 38.1 Å². The quantitative estimate of drug-likeness (QED) is 0.856. The lowest BCUT2D eigenvalue weighted by Gasteiger charge is -2.13. The Morgan fingerprint density at radius 1 is 1.26 bits per heavy atom. The Balaban J connectivity index is 1.72. The summed E-state index contributed by atoms with van der Waals surface area (Å²) >= 11 is 1.62. The van der Waals surface area contributed by atoms with Gasteiger partial charge in [0, 0.05) is 17.2 Å². The maximum atomic E-state index is 12.4. The van der Waals surface area contributed by atoms with Crippen molar-refractivity contribution in [2.75, 3.05) is 6.54 Å². The minimum atomic E-state index is 0.292. The molecule has 1 aromatic heterocycles. The molecule has 1 aliphatic heterocycles. The summed E-state index contributed by atoms with van der Waals surface area (Å²) in [6.07, 6.45) is 5.56. The van der Waals surface area contributed by atoms with Gasteiger partial charge in [-0.15, -0.1) is 11.3 Å². The fraction of sp³-hybridized carbons (Fsp3) is 0.438. The monoisotopic (exact) mass is 273 g/mol. The topological polar surface area (TPSA) is 29.1 Å². The summed E-state index contributed by atoms with van der Waals surface area (Å²) in [6.45, 7) is 1.06. The predicted molar refractivity (Wildman–Crippen MR) is 81.0 cm³/mol. The maximum Gasteiger partial charge on any atom is 0.174 e. The zero-order chi connectivity index (χ0) is 13.1. The van der Waals surface area contributed by atoms with E-state index in [1.165, 1.54) is 29.3 Å². The third-order valence-electron chi connectivity index (χ3n) is 3.79. The second-order valence-electron chi connectivity index (χ2n) is 5.28. The minimum absolute atomic E-state index is 0.292. The number of rotatable bonds is 3. The third kappa shape index (κ3) is 3.04. The fourth-order valence-electron chi connectivity index (χ4n) is 2.72. The number of Topliss-reactive ketones (excluding diaryl/α,β-unsaturated/α-hetero) is 1. The number of thiophene rings is 1. The summed E-state index contributed by atoms with van der Waals surface area (Å²) in [5, 5.41) is 4.68. The van der Waals surface area contributed by atoms with Crippen LogP contribution in [0.2, 0.25) is 0 Å². The van der Waals surface area contributed by atoms with E-state index in [0.29, 0.717) is 18.2 Å². The lowest BCUT2D eigenvalue weighted by atomic mass is 10.0. The molecule has 0 bridgehead atoms. The molecular formula is C16H19NOS. The highest BCUT2D eigenvalue weighted by molar-refractivity contribution is 7.20. The van der Waals surface area contributed by atoms with Crippen molar-refractivity contribution in [3.8, 4) is 0 Å². The molecule has 3 heteroatoms. The highest BCUT2D eigenvalue weighted by Gasteiger charge is 2.18. The summed E-state index contributed by atoms with van der Waals surface area (Å²) in [7, 11) is 0. The molecule has 1 unspecified atom stereocenters. The molecule has 1 aromatic carbocycles. The molecule has 1 N–H and O–H groups in total. The van der Waals surface area contributed by atoms with Crippen LogP contribution < -0.4 is 5.32 Å². The molecule has 1 fully saturated rings. The Kier molecular flexibility index (Phi) is 3.95. The van der Waals surface area contributed by atoms with Crippen molar-refractivity contribution < 1.29 is 4.79 Å². The first-order valence-electron chi connectivity index (χ1n) is 7.08. The Bertz CT molecular complexity index is 534. The van der Waals surface area contributed by atoms with Crippen molar-refractivity contribution >= 4 is 27.2 Å². The molecule has 3 rings (SSSR count). The third-order valence-corrected chi connectivity index (χ3v) is 4.95. The minimum Gasteiger partial charge on any atom is -0.314 e. The SMILES string of the molecule is O=C(CC1CCCCCN1)c1cc2ccccc2s1. The van der Waals surface area contributed by atoms with Gasteiger partial charge in [-0.1, -0.05) is 31.0 Å². The molecule has 1 aliphatic rings. The van der Waals surface area contributed by atoms with Gasteiger partial charge in [0.05, 0.1) is 4.88 Å². The molecule has 1 atom stereocenters. The van der Waals surface area contributed by atoms with E-state index in [2.05, 4.69) is 17.4 Å². The van der Waals surface area contributed by atoms with E-state index in [9.17, 15) is 4.79 Å². The molecule has 2 aromatic rings. The van der Waals surface area contributed by atoms with Crippen molar-refractivity contribution in [3.63, 3.8) is 0 Å². The number of ketones is 1. The van der Waals surface area contributed by atoms with E-state index < -0.39 is 0 Å². The van der Waals surface area contributed by atoms with E-state index in [-0.39, 0.29) is 0 Å². The van der Waals surface area contributed by atoms with E-state index in [1.807, 2.05) is 18.2 Å². The Labute approximate surface area is 117 Å². The van der Waals surface area contributed by atoms with Crippen LogP contribution in [0.1, 0.15) is 41.8 Å². The van der Waals surface area contributed by atoms with Crippen LogP contribution in [0.4, 0.5) is 0 Å². The molecule has 1 saturated heterocycles. The largest absolute Gasteiger partial charge is 0.314 e. The summed E-state index contributed by atoms with van der Waals surface area (Å²) in [5.41, 5.74) is 0. The van der Waals surface area contributed by atoms with Gasteiger partial charge in [-0.05, 0) is 36.9 Å². The average Bonchev–Trinajstić information content (AvgIpc) is 2.70. The Morgan fingerprint density at radius 3 is 3.05 bits per heavy atom. The molecule has 0 amide bonds. The second kappa shape index (κ2) is 5.85. The smallest absolute Gasteiger partial charge is 0.174 e. The van der Waals surface area contributed by atoms with Gasteiger partial charge in [0.15, 0.2) is 5.78 Å². The standard InChI is InChI=1S/C16H19NOS/c18-14(11-13-7-2-1-5-9-17-13)16-10-12-6-3-4-8-15(12)19-16/h3-4,6,8,10,13,17H,1-2,5,7,9,11H2. The highest BCUT2D eigenvalue weighted by atomic mass is 32.1. The predicted octanol–water partition coefficient (Wildman–Crippen LogP) is 4.01. The van der Waals surface area contributed by atoms with Crippen molar-refractivity contribution in [2.24, 2.45) is 0 Å². The van der Waals surface area contributed by atoms with Crippen molar-refractivity contribution in [1.82, 2.24) is 5.32 Å². The number of benzene rings is 1. The Morgan fingerprint density at radius 2 is 2.16 bits per heavy atom. The molecule has 0 radical (unpaired) electrons. The lowest BCUT2D eigenvalue weighted by Crippen LogP contribution is -2.30. The van der Waals surface area contributed by atoms with Gasteiger partial charge < -0.3 is 5.32 Å². The molecule has 0 saturated carbocycles. The van der Waals surface area contributed by atoms with E-state index in [1.54, 1.807) is 11.3 Å². The Hall–Kier alpha value is -1.19. The molecule has 19 heavy (non-hydrogen) atoms. The van der Waals surface area contributed by atoms with Crippen LogP contribution in [0.15, 0.2) is 30.3 Å². The normalized spacial score (nSPS) is 20.3. The summed E-state index contributed by atoms with van der Waals surface area (Å²) in [6, 6.07) is 10.6. The lowest BCUT2D eigenvalue weighted by molar-refractivity contribution is 0.0972. The second-order valence-corrected chi connectivity index (χ2v) is 6.36. The molecule has 0 aliphatic carbocycles. The van der Waals surface area contributed by atoms with Crippen LogP contribution in [-0.4, -0.2) is 18.4 Å². The van der Waals surface area contributed by atoms with Crippen molar-refractivity contribution in [1.29, 1.82) is 0 Å². The maximum absolute atomic E-state index is 12.4. The average molecular weight is 273 g/mol. The van der Waals surface area contributed by atoms with Crippen LogP contribution >= 0.6 is 11.3 Å². The number of carbonyl (C=O) groups is 1. The van der Waals surface area contributed by atoms with Gasteiger partial charge in [-0.25, -0.2) is 0 Å². The summed E-state index contributed by atoms with van der Waals surface area (Å²) in [5.74, 6) is 0.292. The van der Waals surface area contributed by atoms with Crippen LogP contribution in [0, 0.1) is 0 Å². The first kappa shape index (κ1) is 12.8. The number of hydrogen-bond acceptors (Lipinski definition) is 3. The zero-order valence-corrected chi connectivity index (χ0v) is 11.8. The number of hydrogen-bond donors (Lipinski definition) is 1. The molecule has 2 heterocycles. The van der Waals surface area contributed by atoms with Gasteiger partial charge >= 0.3 is 0 Å². The van der Waals surface area contributed by atoms with Gasteiger partial charge in [-0.2, -0.15) is 0 Å². The van der Waals surface area contributed by atoms with Gasteiger partial charge in [-0.3, -0.25) is 4.79 Å². The van der Waals surface area contributed by atoms with E-state index in [4.69, 9.17) is 0 Å². The molecule has 100 valence electrons. The van der Waals surface area contributed by atoms with Crippen LogP contribution in [0.5, 0.6) is 0 Å².